The van der Waals surface area contributed by atoms with Crippen LogP contribution in [0.3, 0.4) is 0 Å². The molecule has 0 spiro atoms. The van der Waals surface area contributed by atoms with E-state index in [1.165, 1.54) is 0 Å². The van der Waals surface area contributed by atoms with Crippen LogP contribution in [0.25, 0.3) is 0 Å². The van der Waals surface area contributed by atoms with Crippen LogP contribution in [0.2, 0.25) is 0 Å². The van der Waals surface area contributed by atoms with Crippen LogP contribution in [0.4, 0.5) is 5.69 Å². The van der Waals surface area contributed by atoms with Gasteiger partial charge < -0.3 is 15.1 Å². The third kappa shape index (κ3) is 1.83. The van der Waals surface area contributed by atoms with E-state index in [1.807, 2.05) is 44.2 Å². The summed E-state index contributed by atoms with van der Waals surface area (Å²) in [7, 11) is 0. The fraction of sp³-hybridized carbons (Fsp3) is 0.304. The van der Waals surface area contributed by atoms with Crippen molar-refractivity contribution < 1.29 is 19.8 Å². The van der Waals surface area contributed by atoms with Crippen molar-refractivity contribution in [3.63, 3.8) is 0 Å². The van der Waals surface area contributed by atoms with Gasteiger partial charge in [0.1, 0.15) is 0 Å². The topological polar surface area (TPSA) is 77.8 Å². The lowest BCUT2D eigenvalue weighted by atomic mass is 9.72. The van der Waals surface area contributed by atoms with Crippen molar-refractivity contribution >= 4 is 17.3 Å². The molecule has 2 unspecified atom stereocenters. The molecule has 0 bridgehead atoms. The molecule has 0 saturated heterocycles. The number of hydrogen-bond acceptors (Lipinski definition) is 5. The normalized spacial score (nSPS) is 30.4. The van der Waals surface area contributed by atoms with Crippen LogP contribution in [-0.2, 0) is 10.5 Å². The van der Waals surface area contributed by atoms with Crippen LogP contribution in [0.5, 0.6) is 0 Å². The second kappa shape index (κ2) is 5.19. The Hall–Kier alpha value is -2.76. The van der Waals surface area contributed by atoms with Crippen LogP contribution in [0.15, 0.2) is 65.9 Å². The molecular weight excluding hydrogens is 354 g/mol. The van der Waals surface area contributed by atoms with Gasteiger partial charge in [-0.1, -0.05) is 56.3 Å². The van der Waals surface area contributed by atoms with Crippen LogP contribution < -0.4 is 4.90 Å². The maximum Gasteiger partial charge on any atom is 0.211 e. The summed E-state index contributed by atoms with van der Waals surface area (Å²) in [4.78, 5) is 28.1. The number of carbonyl (C=O) groups is 2. The van der Waals surface area contributed by atoms with Crippen LogP contribution in [0.1, 0.15) is 42.6 Å². The molecule has 2 atom stereocenters. The first-order valence-electron chi connectivity index (χ1n) is 9.43. The molecule has 5 nitrogen and oxygen atoms in total. The first-order valence-corrected chi connectivity index (χ1v) is 9.43. The predicted octanol–water partition coefficient (Wildman–Crippen LogP) is 2.92. The van der Waals surface area contributed by atoms with Gasteiger partial charge in [-0.3, -0.25) is 9.59 Å². The van der Waals surface area contributed by atoms with E-state index in [4.69, 9.17) is 0 Å². The molecule has 0 saturated carbocycles. The standard InChI is InChI=1S/C23H21NO4/c1-21(2)12-17-19(18(25)13-21)22(27)20(26)15-10-6-7-11-16(15)23(22,28)24(17)14-8-4-3-5-9-14/h3-11,27-28H,12-13H2,1-2H3. The second-order valence-corrected chi connectivity index (χ2v) is 8.69. The Kier molecular flexibility index (Phi) is 3.21. The summed E-state index contributed by atoms with van der Waals surface area (Å²) in [5.41, 5.74) is -2.93. The lowest BCUT2D eigenvalue weighted by molar-refractivity contribution is -0.124. The molecular formula is C23H21NO4. The van der Waals surface area contributed by atoms with Gasteiger partial charge in [0.25, 0.3) is 0 Å². The highest BCUT2D eigenvalue weighted by Gasteiger charge is 2.74. The second-order valence-electron chi connectivity index (χ2n) is 8.69. The third-order valence-electron chi connectivity index (χ3n) is 6.20. The average Bonchev–Trinajstić information content (AvgIpc) is 2.95. The minimum atomic E-state index is -2.31. The zero-order valence-corrected chi connectivity index (χ0v) is 15.8. The zero-order chi connectivity index (χ0) is 19.9. The summed E-state index contributed by atoms with van der Waals surface area (Å²) < 4.78 is 0. The summed E-state index contributed by atoms with van der Waals surface area (Å²) in [5.74, 6) is -0.906. The lowest BCUT2D eigenvalue weighted by Crippen LogP contribution is -2.58. The molecule has 0 aromatic heterocycles. The minimum Gasteiger partial charge on any atom is -0.372 e. The van der Waals surface area contributed by atoms with Crippen LogP contribution >= 0.6 is 0 Å². The quantitative estimate of drug-likeness (QED) is 0.801. The van der Waals surface area contributed by atoms with E-state index in [0.717, 1.165) is 0 Å². The Bertz CT molecular complexity index is 1070. The van der Waals surface area contributed by atoms with Gasteiger partial charge in [-0.05, 0) is 24.0 Å². The summed E-state index contributed by atoms with van der Waals surface area (Å²) >= 11 is 0. The third-order valence-corrected chi connectivity index (χ3v) is 6.20. The Morgan fingerprint density at radius 1 is 0.893 bits per heavy atom. The molecule has 2 aromatic carbocycles. The highest BCUT2D eigenvalue weighted by atomic mass is 16.4. The predicted molar refractivity (Wildman–Crippen MR) is 104 cm³/mol. The average molecular weight is 375 g/mol. The van der Waals surface area contributed by atoms with E-state index in [2.05, 4.69) is 0 Å². The van der Waals surface area contributed by atoms with Gasteiger partial charge in [-0.2, -0.15) is 0 Å². The summed E-state index contributed by atoms with van der Waals surface area (Å²) in [5, 5.41) is 23.7. The number of hydrogen-bond donors (Lipinski definition) is 2. The smallest absolute Gasteiger partial charge is 0.211 e. The molecule has 5 rings (SSSR count). The van der Waals surface area contributed by atoms with Crippen molar-refractivity contribution in [2.45, 2.75) is 38.0 Å². The van der Waals surface area contributed by atoms with Crippen molar-refractivity contribution in [2.75, 3.05) is 4.90 Å². The first kappa shape index (κ1) is 17.3. The number of rotatable bonds is 1. The number of benzene rings is 2. The number of ketones is 2. The highest BCUT2D eigenvalue weighted by Crippen LogP contribution is 2.61. The molecule has 2 N–H and O–H groups in total. The molecule has 0 radical (unpaired) electrons. The SMILES string of the molecule is CC1(C)CC(=O)C2=C(C1)N(c1ccccc1)C1(O)c3ccccc3C(=O)C21O. The zero-order valence-electron chi connectivity index (χ0n) is 15.8. The number of para-hydroxylation sites is 1. The van der Waals surface area contributed by atoms with E-state index < -0.39 is 17.1 Å². The number of carbonyl (C=O) groups excluding carboxylic acids is 2. The number of aliphatic hydroxyl groups is 2. The Morgan fingerprint density at radius 3 is 2.25 bits per heavy atom. The molecule has 3 aliphatic rings. The van der Waals surface area contributed by atoms with Gasteiger partial charge in [0.15, 0.2) is 5.78 Å². The van der Waals surface area contributed by atoms with Crippen molar-refractivity contribution in [1.29, 1.82) is 0 Å². The fourth-order valence-corrected chi connectivity index (χ4v) is 5.11. The maximum atomic E-state index is 13.3. The van der Waals surface area contributed by atoms with E-state index >= 15 is 0 Å². The number of fused-ring (bicyclic) bond motifs is 4. The number of nitrogens with zero attached hydrogens (tertiary/aromatic N) is 1. The van der Waals surface area contributed by atoms with Crippen molar-refractivity contribution in [1.82, 2.24) is 0 Å². The Labute approximate surface area is 162 Å². The molecule has 5 heteroatoms. The monoisotopic (exact) mass is 375 g/mol. The largest absolute Gasteiger partial charge is 0.372 e. The van der Waals surface area contributed by atoms with Gasteiger partial charge in [-0.25, -0.2) is 0 Å². The first-order chi connectivity index (χ1) is 13.2. The van der Waals surface area contributed by atoms with Crippen molar-refractivity contribution in [2.24, 2.45) is 5.41 Å². The van der Waals surface area contributed by atoms with Crippen LogP contribution in [-0.4, -0.2) is 27.4 Å². The van der Waals surface area contributed by atoms with Gasteiger partial charge >= 0.3 is 0 Å². The Balaban J connectivity index is 1.87. The summed E-state index contributed by atoms with van der Waals surface area (Å²) in [6.45, 7) is 3.96. The van der Waals surface area contributed by atoms with Gasteiger partial charge in [0.05, 0.1) is 5.57 Å². The fourth-order valence-electron chi connectivity index (χ4n) is 5.11. The van der Waals surface area contributed by atoms with E-state index in [-0.39, 0.29) is 28.8 Å². The van der Waals surface area contributed by atoms with Gasteiger partial charge in [0, 0.05) is 28.9 Å². The van der Waals surface area contributed by atoms with Crippen molar-refractivity contribution in [3.05, 3.63) is 77.0 Å². The van der Waals surface area contributed by atoms with E-state index in [0.29, 0.717) is 23.4 Å². The van der Waals surface area contributed by atoms with Crippen molar-refractivity contribution in [3.8, 4) is 0 Å². The molecule has 2 aromatic rings. The molecule has 0 fully saturated rings. The number of anilines is 1. The molecule has 142 valence electrons. The lowest BCUT2D eigenvalue weighted by Gasteiger charge is -2.40. The molecule has 1 heterocycles. The van der Waals surface area contributed by atoms with E-state index in [9.17, 15) is 19.8 Å². The summed E-state index contributed by atoms with van der Waals surface area (Å²) in [6.07, 6.45) is 0.694. The van der Waals surface area contributed by atoms with Gasteiger partial charge in [0.2, 0.25) is 17.1 Å². The Morgan fingerprint density at radius 2 is 1.54 bits per heavy atom. The number of allylic oxidation sites excluding steroid dienone is 1. The van der Waals surface area contributed by atoms with E-state index in [1.54, 1.807) is 29.2 Å². The summed E-state index contributed by atoms with van der Waals surface area (Å²) in [6, 6.07) is 15.8. The minimum absolute atomic E-state index is 0.0411. The van der Waals surface area contributed by atoms with Gasteiger partial charge in [-0.15, -0.1) is 0 Å². The molecule has 1 aliphatic heterocycles. The molecule has 28 heavy (non-hydrogen) atoms. The maximum absolute atomic E-state index is 13.3. The number of Topliss-reactive ketones (excluding diaryl/α,β-unsaturated/α-hetero) is 2. The highest BCUT2D eigenvalue weighted by molar-refractivity contribution is 6.19. The van der Waals surface area contributed by atoms with Crippen LogP contribution in [0, 0.1) is 5.41 Å². The molecule has 2 aliphatic carbocycles. The molecule has 0 amide bonds.